The van der Waals surface area contributed by atoms with Crippen LogP contribution >= 0.6 is 0 Å². The highest BCUT2D eigenvalue weighted by Gasteiger charge is 2.21. The van der Waals surface area contributed by atoms with Gasteiger partial charge in [-0.3, -0.25) is 4.79 Å². The van der Waals surface area contributed by atoms with E-state index in [-0.39, 0.29) is 18.3 Å². The van der Waals surface area contributed by atoms with Gasteiger partial charge in [0.05, 0.1) is 6.61 Å². The Kier molecular flexibility index (Phi) is 5.03. The number of rotatable bonds is 6. The summed E-state index contributed by atoms with van der Waals surface area (Å²) < 4.78 is 16.6. The molecule has 2 aromatic carbocycles. The molecule has 0 aliphatic carbocycles. The summed E-state index contributed by atoms with van der Waals surface area (Å²) in [6.45, 7) is 6.70. The van der Waals surface area contributed by atoms with Crippen LogP contribution < -0.4 is 10.1 Å². The van der Waals surface area contributed by atoms with Gasteiger partial charge >= 0.3 is 11.8 Å². The van der Waals surface area contributed by atoms with Crippen LogP contribution in [0.3, 0.4) is 0 Å². The zero-order valence-corrected chi connectivity index (χ0v) is 16.5. The monoisotopic (exact) mass is 391 g/mol. The summed E-state index contributed by atoms with van der Waals surface area (Å²) >= 11 is 0. The van der Waals surface area contributed by atoms with E-state index in [0.717, 1.165) is 33.4 Å². The number of aromatic nitrogens is 2. The number of ether oxygens (including phenoxy) is 1. The van der Waals surface area contributed by atoms with E-state index in [4.69, 9.17) is 13.7 Å². The Balaban J connectivity index is 1.52. The lowest BCUT2D eigenvalue weighted by Crippen LogP contribution is -2.23. The van der Waals surface area contributed by atoms with Gasteiger partial charge in [-0.1, -0.05) is 35.0 Å². The number of aryl methyl sites for hydroxylation is 2. The molecule has 0 bridgehead atoms. The summed E-state index contributed by atoms with van der Waals surface area (Å²) in [5, 5.41) is 7.69. The van der Waals surface area contributed by atoms with Crippen molar-refractivity contribution in [2.75, 3.05) is 6.61 Å². The maximum Gasteiger partial charge on any atom is 0.316 e. The van der Waals surface area contributed by atoms with E-state index in [1.54, 1.807) is 0 Å². The number of carbonyl (C=O) groups is 1. The molecule has 0 fully saturated rings. The van der Waals surface area contributed by atoms with Crippen molar-refractivity contribution < 1.29 is 18.5 Å². The molecule has 0 spiro atoms. The van der Waals surface area contributed by atoms with E-state index in [0.29, 0.717) is 12.4 Å². The molecule has 1 N–H and O–H groups in total. The third-order valence-electron chi connectivity index (χ3n) is 4.63. The number of furan rings is 1. The third kappa shape index (κ3) is 3.71. The van der Waals surface area contributed by atoms with Crippen LogP contribution in [0.25, 0.3) is 22.6 Å². The van der Waals surface area contributed by atoms with Crippen LogP contribution in [0.1, 0.15) is 34.3 Å². The highest BCUT2D eigenvalue weighted by molar-refractivity contribution is 5.90. The van der Waals surface area contributed by atoms with Crippen molar-refractivity contribution in [3.63, 3.8) is 0 Å². The van der Waals surface area contributed by atoms with Gasteiger partial charge in [-0.25, -0.2) is 0 Å². The normalized spacial score (nSPS) is 11.0. The highest BCUT2D eigenvalue weighted by atomic mass is 16.5. The molecule has 148 valence electrons. The summed E-state index contributed by atoms with van der Waals surface area (Å²) in [4.78, 5) is 16.7. The van der Waals surface area contributed by atoms with Crippen LogP contribution in [-0.4, -0.2) is 22.7 Å². The zero-order chi connectivity index (χ0) is 20.4. The van der Waals surface area contributed by atoms with Gasteiger partial charge in [0.15, 0.2) is 5.76 Å². The van der Waals surface area contributed by atoms with Crippen molar-refractivity contribution >= 4 is 16.9 Å². The molecule has 7 nitrogen and oxygen atoms in total. The topological polar surface area (TPSA) is 90.4 Å². The Bertz CT molecular complexity index is 1180. The summed E-state index contributed by atoms with van der Waals surface area (Å²) in [5.74, 6) is 0.894. The molecule has 7 heteroatoms. The Hall–Kier alpha value is -3.61. The number of fused-ring (bicyclic) bond motifs is 1. The second-order valence-electron chi connectivity index (χ2n) is 6.70. The number of carbonyl (C=O) groups excluding carboxylic acids is 1. The zero-order valence-electron chi connectivity index (χ0n) is 16.5. The second-order valence-corrected chi connectivity index (χ2v) is 6.70. The summed E-state index contributed by atoms with van der Waals surface area (Å²) in [7, 11) is 0. The molecule has 2 aromatic heterocycles. The Labute approximate surface area is 167 Å². The maximum absolute atomic E-state index is 12.5. The van der Waals surface area contributed by atoms with Crippen LogP contribution in [0, 0.1) is 13.8 Å². The maximum atomic E-state index is 12.5. The first-order chi connectivity index (χ1) is 14.1. The van der Waals surface area contributed by atoms with Crippen LogP contribution in [0.15, 0.2) is 51.4 Å². The molecule has 0 saturated carbocycles. The van der Waals surface area contributed by atoms with Gasteiger partial charge in [0.25, 0.3) is 0 Å². The molecular formula is C22H21N3O4. The number of hydrogen-bond donors (Lipinski definition) is 1. The fourth-order valence-corrected chi connectivity index (χ4v) is 3.15. The van der Waals surface area contributed by atoms with E-state index < -0.39 is 5.91 Å². The van der Waals surface area contributed by atoms with E-state index >= 15 is 0 Å². The van der Waals surface area contributed by atoms with E-state index in [1.807, 2.05) is 63.2 Å². The summed E-state index contributed by atoms with van der Waals surface area (Å²) in [5.41, 5.74) is 3.65. The van der Waals surface area contributed by atoms with Crippen molar-refractivity contribution in [2.45, 2.75) is 27.3 Å². The molecule has 0 saturated heterocycles. The largest absolute Gasteiger partial charge is 0.494 e. The van der Waals surface area contributed by atoms with E-state index in [1.165, 1.54) is 0 Å². The number of hydrogen-bond acceptors (Lipinski definition) is 6. The first kappa shape index (κ1) is 18.7. The second kappa shape index (κ2) is 7.79. The molecule has 0 radical (unpaired) electrons. The number of para-hydroxylation sites is 1. The van der Waals surface area contributed by atoms with Crippen molar-refractivity contribution in [2.24, 2.45) is 0 Å². The van der Waals surface area contributed by atoms with Crippen LogP contribution in [-0.2, 0) is 6.54 Å². The van der Waals surface area contributed by atoms with Gasteiger partial charge in [-0.05, 0) is 39.0 Å². The molecule has 4 aromatic rings. The van der Waals surface area contributed by atoms with Gasteiger partial charge in [0, 0.05) is 23.1 Å². The molecule has 0 atom stereocenters. The molecule has 2 heterocycles. The molecule has 0 aliphatic heterocycles. The Morgan fingerprint density at radius 3 is 2.83 bits per heavy atom. The first-order valence-electron chi connectivity index (χ1n) is 9.39. The average molecular weight is 391 g/mol. The number of nitrogens with zero attached hydrogens (tertiary/aromatic N) is 2. The fourth-order valence-electron chi connectivity index (χ4n) is 3.15. The van der Waals surface area contributed by atoms with Crippen molar-refractivity contribution in [3.05, 3.63) is 65.0 Å². The number of nitrogens with one attached hydrogen (secondary N) is 1. The Morgan fingerprint density at radius 1 is 1.17 bits per heavy atom. The minimum Gasteiger partial charge on any atom is -0.494 e. The molecule has 4 rings (SSSR count). The number of amides is 1. The van der Waals surface area contributed by atoms with Crippen LogP contribution in [0.4, 0.5) is 0 Å². The first-order valence-corrected chi connectivity index (χ1v) is 9.39. The quantitative estimate of drug-likeness (QED) is 0.523. The smallest absolute Gasteiger partial charge is 0.316 e. The van der Waals surface area contributed by atoms with E-state index in [2.05, 4.69) is 15.5 Å². The lowest BCUT2D eigenvalue weighted by molar-refractivity contribution is 0.0906. The average Bonchev–Trinajstić information content (AvgIpc) is 3.33. The lowest BCUT2D eigenvalue weighted by atomic mass is 10.1. The van der Waals surface area contributed by atoms with Crippen molar-refractivity contribution in [3.8, 4) is 17.3 Å². The SMILES string of the molecule is CCOc1ccccc1CNC(=O)c1nc(-c2oc3ccc(C)cc3c2C)no1. The van der Waals surface area contributed by atoms with Gasteiger partial charge in [-0.2, -0.15) is 4.98 Å². The molecular weight excluding hydrogens is 370 g/mol. The fraction of sp³-hybridized carbons (Fsp3) is 0.227. The molecule has 0 aliphatic rings. The molecule has 29 heavy (non-hydrogen) atoms. The van der Waals surface area contributed by atoms with Gasteiger partial charge in [0.2, 0.25) is 5.82 Å². The summed E-state index contributed by atoms with van der Waals surface area (Å²) in [6.07, 6.45) is 0. The van der Waals surface area contributed by atoms with Crippen LogP contribution in [0.2, 0.25) is 0 Å². The van der Waals surface area contributed by atoms with Crippen molar-refractivity contribution in [1.82, 2.24) is 15.5 Å². The lowest BCUT2D eigenvalue weighted by Gasteiger charge is -2.09. The third-order valence-corrected chi connectivity index (χ3v) is 4.63. The predicted octanol–water partition coefficient (Wildman–Crippen LogP) is 4.43. The highest BCUT2D eigenvalue weighted by Crippen LogP contribution is 2.32. The molecule has 0 unspecified atom stereocenters. The van der Waals surface area contributed by atoms with Gasteiger partial charge in [-0.15, -0.1) is 0 Å². The Morgan fingerprint density at radius 2 is 2.00 bits per heavy atom. The van der Waals surface area contributed by atoms with E-state index in [9.17, 15) is 4.79 Å². The molecule has 1 amide bonds. The predicted molar refractivity (Wildman–Crippen MR) is 108 cm³/mol. The summed E-state index contributed by atoms with van der Waals surface area (Å²) in [6, 6.07) is 13.5. The minimum absolute atomic E-state index is 0.120. The van der Waals surface area contributed by atoms with Gasteiger partial charge < -0.3 is 19.0 Å². The number of benzene rings is 2. The standard InChI is InChI=1S/C22H21N3O4/c1-4-27-17-8-6-5-7-15(17)12-23-21(26)22-24-20(25-29-22)19-14(3)16-11-13(2)9-10-18(16)28-19/h5-11H,4,12H2,1-3H3,(H,23,26). The van der Waals surface area contributed by atoms with Crippen molar-refractivity contribution in [1.29, 1.82) is 0 Å². The minimum atomic E-state index is -0.459. The van der Waals surface area contributed by atoms with Gasteiger partial charge in [0.1, 0.15) is 11.3 Å². The van der Waals surface area contributed by atoms with Crippen LogP contribution in [0.5, 0.6) is 5.75 Å².